The zero-order valence-electron chi connectivity index (χ0n) is 48.2. The molecule has 2 aliphatic rings. The fourth-order valence-electron chi connectivity index (χ4n) is 9.82. The van der Waals surface area contributed by atoms with Crippen LogP contribution < -0.4 is 0 Å². The van der Waals surface area contributed by atoms with Crippen LogP contribution in [0.1, 0.15) is 146 Å². The van der Waals surface area contributed by atoms with Crippen LogP contribution in [0, 0.1) is 42.6 Å². The maximum Gasteiger partial charge on any atom is 0.411 e. The van der Waals surface area contributed by atoms with Crippen LogP contribution in [-0.2, 0) is 31.0 Å². The molecular weight excluding hydrogens is 1480 g/mol. The predicted molar refractivity (Wildman–Crippen MR) is 351 cm³/mol. The van der Waals surface area contributed by atoms with Crippen LogP contribution in [0.15, 0.2) is 214 Å². The van der Waals surface area contributed by atoms with Gasteiger partial charge in [0.25, 0.3) is 6.26 Å². The number of carbonyl (C=O) groups is 2. The second-order valence-electron chi connectivity index (χ2n) is 20.4. The van der Waals surface area contributed by atoms with E-state index in [0.29, 0.717) is 44.7 Å². The first-order valence-corrected chi connectivity index (χ1v) is 29.2. The third kappa shape index (κ3) is 22.5. The third-order valence-corrected chi connectivity index (χ3v) is 15.7. The van der Waals surface area contributed by atoms with E-state index in [1.165, 1.54) is 0 Å². The monoisotopic (exact) mass is 1560 g/mol. The van der Waals surface area contributed by atoms with Crippen molar-refractivity contribution in [3.63, 3.8) is 0 Å². The SMILES string of the molecule is C.C.C=C(C)CC(O)(CCCl)c1ccccc1.C=C(C)C[C@@]1(c2ccccc2)CCN([C@@H](C)c2ccc(Br)cc2)C(=O)O1.C=C(C)C[C@]1(c2ccccc2)CCN([C@@H](C)c2ccc(Br)cc2)C(=O)O1.C[C@H](OC#N)c1ccc(Br)cc1.[2H][B].[U]. The summed E-state index contributed by atoms with van der Waals surface area (Å²) >= 11 is 16.0. The Kier molecular flexibility index (Phi) is 33.0. The number of hydrogen-bond donors (Lipinski definition) is 1. The minimum Gasteiger partial charge on any atom is -0.437 e. The number of amides is 2. The van der Waals surface area contributed by atoms with Gasteiger partial charge < -0.3 is 29.1 Å². The molecule has 2 fully saturated rings. The van der Waals surface area contributed by atoms with Crippen molar-refractivity contribution >= 4 is 80.0 Å². The van der Waals surface area contributed by atoms with Gasteiger partial charge in [0.05, 0.1) is 17.7 Å². The minimum absolute atomic E-state index is 0. The van der Waals surface area contributed by atoms with Crippen LogP contribution in [0.25, 0.3) is 0 Å². The topological polar surface area (TPSA) is 112 Å². The fourth-order valence-corrected chi connectivity index (χ4v) is 10.9. The molecule has 0 bridgehead atoms. The van der Waals surface area contributed by atoms with Crippen LogP contribution >= 0.6 is 59.4 Å². The second-order valence-corrected chi connectivity index (χ2v) is 23.6. The third-order valence-electron chi connectivity index (χ3n) is 13.9. The number of halogens is 4. The molecule has 1 N–H and O–H groups in total. The number of cyclic esters (lactones) is 2. The molecule has 0 aromatic heterocycles. The van der Waals surface area contributed by atoms with Crippen LogP contribution in [-0.4, -0.2) is 55.8 Å². The molecule has 2 aliphatic heterocycles. The van der Waals surface area contributed by atoms with E-state index in [1.807, 2.05) is 215 Å². The maximum absolute atomic E-state index is 12.9. The average Bonchev–Trinajstić information content (AvgIpc) is 2.96. The normalized spacial score (nSPS) is 17.7. The molecular formula is C68H82BBr3ClN3O6U. The zero-order valence-corrected chi connectivity index (χ0v) is 56.9. The summed E-state index contributed by atoms with van der Waals surface area (Å²) in [7, 11) is 3.75. The first-order valence-electron chi connectivity index (χ1n) is 26.9. The first-order chi connectivity index (χ1) is 38.6. The Labute approximate surface area is 553 Å². The molecule has 0 saturated carbocycles. The number of alkyl halides is 1. The van der Waals surface area contributed by atoms with Crippen molar-refractivity contribution in [1.82, 2.24) is 9.80 Å². The molecule has 1 unspecified atom stereocenters. The van der Waals surface area contributed by atoms with E-state index >= 15 is 0 Å². The van der Waals surface area contributed by atoms with Gasteiger partial charge in [-0.05, 0) is 119 Å². The summed E-state index contributed by atoms with van der Waals surface area (Å²) < 4.78 is 25.2. The summed E-state index contributed by atoms with van der Waals surface area (Å²) in [5.41, 5.74) is 7.04. The number of rotatable bonds is 17. The summed E-state index contributed by atoms with van der Waals surface area (Å²) in [6, 6.07) is 53.4. The molecule has 6 aromatic rings. The fraction of sp³-hybridized carbons (Fsp3) is 0.338. The van der Waals surface area contributed by atoms with E-state index in [9.17, 15) is 14.7 Å². The molecule has 6 atom stereocenters. The van der Waals surface area contributed by atoms with Crippen LogP contribution in [0.5, 0.6) is 0 Å². The van der Waals surface area contributed by atoms with Crippen molar-refractivity contribution in [1.29, 1.82) is 6.60 Å². The molecule has 15 heteroatoms. The number of hydrogen-bond acceptors (Lipinski definition) is 7. The minimum atomic E-state index is -0.866. The van der Waals surface area contributed by atoms with Gasteiger partial charge in [-0.1, -0.05) is 220 Å². The number of nitriles is 1. The largest absolute Gasteiger partial charge is 0.437 e. The number of carbonyl (C=O) groups excluding carboxylic acids is 2. The van der Waals surface area contributed by atoms with Gasteiger partial charge >= 0.3 is 12.2 Å². The van der Waals surface area contributed by atoms with E-state index < -0.39 is 16.8 Å². The molecule has 2 heterocycles. The maximum atomic E-state index is 12.9. The van der Waals surface area contributed by atoms with Crippen molar-refractivity contribution < 1.29 is 60.0 Å². The smallest absolute Gasteiger partial charge is 0.411 e. The van der Waals surface area contributed by atoms with Crippen molar-refractivity contribution in [3.8, 4) is 6.26 Å². The summed E-state index contributed by atoms with van der Waals surface area (Å²) in [5.74, 6) is 0.443. The van der Waals surface area contributed by atoms with E-state index in [0.717, 1.165) is 76.4 Å². The van der Waals surface area contributed by atoms with Gasteiger partial charge in [-0.15, -0.1) is 18.2 Å². The van der Waals surface area contributed by atoms with Gasteiger partial charge in [-0.2, -0.15) is 5.26 Å². The Bertz CT molecular complexity index is 2850. The molecule has 2 radical (unpaired) electrons. The molecule has 0 aliphatic carbocycles. The molecule has 8 rings (SSSR count). The van der Waals surface area contributed by atoms with E-state index in [-0.39, 0.29) is 76.3 Å². The van der Waals surface area contributed by atoms with Crippen molar-refractivity contribution in [2.45, 2.75) is 130 Å². The van der Waals surface area contributed by atoms with Crippen LogP contribution in [0.4, 0.5) is 9.59 Å². The molecule has 6 aromatic carbocycles. The van der Waals surface area contributed by atoms with Gasteiger partial charge in [0.1, 0.15) is 17.3 Å². The number of benzene rings is 6. The van der Waals surface area contributed by atoms with Gasteiger partial charge in [0.2, 0.25) is 0 Å². The van der Waals surface area contributed by atoms with Gasteiger partial charge in [-0.3, -0.25) is 0 Å². The van der Waals surface area contributed by atoms with Crippen molar-refractivity contribution in [3.05, 3.63) is 247 Å². The summed E-state index contributed by atoms with van der Waals surface area (Å²) in [6.45, 7) is 25.0. The molecule has 2 amide bonds. The number of ether oxygens (including phenoxy) is 3. The van der Waals surface area contributed by atoms with Crippen LogP contribution in [0.3, 0.4) is 0 Å². The Morgan fingerprint density at radius 2 is 0.988 bits per heavy atom. The molecule has 0 spiro atoms. The molecule has 83 heavy (non-hydrogen) atoms. The van der Waals surface area contributed by atoms with Gasteiger partial charge in [0.15, 0.2) is 0 Å². The second kappa shape index (κ2) is 36.9. The Morgan fingerprint density at radius 1 is 0.651 bits per heavy atom. The Hall–Kier alpha value is -4.82. The summed E-state index contributed by atoms with van der Waals surface area (Å²) in [6.07, 6.45) is 4.85. The Balaban J connectivity index is 0.000000572. The molecule has 9 nitrogen and oxygen atoms in total. The standard InChI is InChI=1S/2C22H24BrNO2.C13H17ClO.C9H8BrNO.2CH4.BH.U/c2*1-16(2)15-22(19-7-5-4-6-8-19)13-14-24(21(25)26-22)17(3)18-9-11-20(23)12-10-18;1-11(2)10-13(15,8-9-14)12-6-4-3-5-7-12;1-7(12-6-11)8-2-4-9(10)5-3-8;;;;/h2*4-12,17H,1,13-15H2,2-3H3;3-7,15H,1,8-10H2,2H3;2-5,7H,1H3;2*1H4;1H;/t17-,22+;17-,22-;;7-;;;;/m00.0..../s1/i;;;;;;1D;. The molecule has 2 saturated heterocycles. The van der Waals surface area contributed by atoms with E-state index in [2.05, 4.69) is 75.9 Å². The average molecular weight is 1560 g/mol. The quantitative estimate of drug-likeness (QED) is 0.0419. The van der Waals surface area contributed by atoms with E-state index in [4.69, 9.17) is 32.4 Å². The summed E-state index contributed by atoms with van der Waals surface area (Å²) in [5, 5.41) is 18.8. The Morgan fingerprint density at radius 3 is 1.29 bits per heavy atom. The number of nitrogens with zero attached hydrogens (tertiary/aromatic N) is 3. The zero-order chi connectivity index (χ0) is 59.8. The van der Waals surface area contributed by atoms with Gasteiger partial charge in [0, 0.05) is 104 Å². The first kappa shape index (κ1) is 74.3. The number of aliphatic hydroxyl groups is 1. The van der Waals surface area contributed by atoms with Crippen molar-refractivity contribution in [2.24, 2.45) is 0 Å². The van der Waals surface area contributed by atoms with E-state index in [1.54, 1.807) is 6.26 Å². The van der Waals surface area contributed by atoms with Crippen LogP contribution in [0.2, 0.25) is 0 Å². The summed E-state index contributed by atoms with van der Waals surface area (Å²) in [4.78, 5) is 29.4. The molecule has 440 valence electrons. The predicted octanol–water partition coefficient (Wildman–Crippen LogP) is 19.5. The van der Waals surface area contributed by atoms with Crippen molar-refractivity contribution in [2.75, 3.05) is 19.0 Å². The van der Waals surface area contributed by atoms with Gasteiger partial charge in [-0.25, -0.2) is 9.59 Å².